The topological polar surface area (TPSA) is 61.3 Å². The van der Waals surface area contributed by atoms with Crippen LogP contribution in [0.4, 0.5) is 0 Å². The van der Waals surface area contributed by atoms with Crippen molar-refractivity contribution in [2.45, 2.75) is 97.8 Å². The number of carbonyl (C=O) groups is 1. The lowest BCUT2D eigenvalue weighted by atomic mass is 9.99. The minimum atomic E-state index is -0.377. The van der Waals surface area contributed by atoms with Gasteiger partial charge in [0.15, 0.2) is 0 Å². The predicted octanol–water partition coefficient (Wildman–Crippen LogP) is 9.25. The molecule has 0 spiro atoms. The van der Waals surface area contributed by atoms with E-state index in [2.05, 4.69) is 30.7 Å². The number of aromatic nitrogens is 2. The quantitative estimate of drug-likeness (QED) is 0.0931. The SMILES string of the molecule is CCCCCCCCCCCCOc1cnc(-c2ccc(C(=O)Oc3ccc(C[C@@H](C)CC)cc3)cc2)cn1. The highest BCUT2D eigenvalue weighted by atomic mass is 16.5. The molecule has 3 aromatic rings. The summed E-state index contributed by atoms with van der Waals surface area (Å²) < 4.78 is 11.3. The summed E-state index contributed by atoms with van der Waals surface area (Å²) in [5.41, 5.74) is 3.37. The lowest BCUT2D eigenvalue weighted by molar-refractivity contribution is 0.0734. The Morgan fingerprint density at radius 1 is 0.769 bits per heavy atom. The van der Waals surface area contributed by atoms with Crippen LogP contribution in [-0.2, 0) is 6.42 Å². The van der Waals surface area contributed by atoms with E-state index < -0.39 is 0 Å². The van der Waals surface area contributed by atoms with E-state index in [4.69, 9.17) is 9.47 Å². The molecule has 1 aromatic heterocycles. The molecule has 210 valence electrons. The molecule has 0 aliphatic carbocycles. The Morgan fingerprint density at radius 2 is 1.41 bits per heavy atom. The number of hydrogen-bond donors (Lipinski definition) is 0. The smallest absolute Gasteiger partial charge is 0.343 e. The molecule has 0 saturated carbocycles. The normalized spacial score (nSPS) is 11.8. The highest BCUT2D eigenvalue weighted by molar-refractivity contribution is 5.91. The summed E-state index contributed by atoms with van der Waals surface area (Å²) in [6.45, 7) is 7.37. The number of carbonyl (C=O) groups excluding carboxylic acids is 1. The third kappa shape index (κ3) is 11.2. The van der Waals surface area contributed by atoms with Crippen molar-refractivity contribution in [2.24, 2.45) is 5.92 Å². The lowest BCUT2D eigenvalue weighted by Crippen LogP contribution is -2.08. The van der Waals surface area contributed by atoms with Gasteiger partial charge in [0.2, 0.25) is 5.88 Å². The third-order valence-corrected chi connectivity index (χ3v) is 7.21. The van der Waals surface area contributed by atoms with E-state index in [1.165, 1.54) is 63.4 Å². The molecular formula is C34H46N2O3. The van der Waals surface area contributed by atoms with Crippen molar-refractivity contribution in [1.29, 1.82) is 0 Å². The fourth-order valence-corrected chi connectivity index (χ4v) is 4.49. The molecule has 5 heteroatoms. The van der Waals surface area contributed by atoms with Crippen molar-refractivity contribution < 1.29 is 14.3 Å². The van der Waals surface area contributed by atoms with Crippen molar-refractivity contribution >= 4 is 5.97 Å². The molecule has 0 saturated heterocycles. The molecule has 0 aliphatic rings. The molecule has 0 fully saturated rings. The van der Waals surface area contributed by atoms with Crippen molar-refractivity contribution in [3.05, 3.63) is 72.1 Å². The number of unbranched alkanes of at least 4 members (excludes halogenated alkanes) is 9. The Labute approximate surface area is 235 Å². The summed E-state index contributed by atoms with van der Waals surface area (Å²) in [4.78, 5) is 21.5. The van der Waals surface area contributed by atoms with E-state index >= 15 is 0 Å². The van der Waals surface area contributed by atoms with Crippen molar-refractivity contribution in [1.82, 2.24) is 9.97 Å². The first kappa shape index (κ1) is 30.3. The van der Waals surface area contributed by atoms with Gasteiger partial charge in [-0.3, -0.25) is 0 Å². The van der Waals surface area contributed by atoms with E-state index in [-0.39, 0.29) is 5.97 Å². The minimum Gasteiger partial charge on any atom is -0.477 e. The molecule has 5 nitrogen and oxygen atoms in total. The third-order valence-electron chi connectivity index (χ3n) is 7.21. The monoisotopic (exact) mass is 530 g/mol. The van der Waals surface area contributed by atoms with Crippen molar-refractivity contribution in [3.8, 4) is 22.9 Å². The number of ether oxygens (including phenoxy) is 2. The molecule has 1 atom stereocenters. The van der Waals surface area contributed by atoms with E-state index in [0.717, 1.165) is 30.5 Å². The number of benzene rings is 2. The fraction of sp³-hybridized carbons (Fsp3) is 0.500. The molecule has 0 N–H and O–H groups in total. The van der Waals surface area contributed by atoms with Crippen LogP contribution in [0.15, 0.2) is 60.9 Å². The highest BCUT2D eigenvalue weighted by Crippen LogP contribution is 2.21. The molecule has 39 heavy (non-hydrogen) atoms. The van der Waals surface area contributed by atoms with Crippen LogP contribution < -0.4 is 9.47 Å². The van der Waals surface area contributed by atoms with Gasteiger partial charge in [0.25, 0.3) is 0 Å². The fourth-order valence-electron chi connectivity index (χ4n) is 4.49. The van der Waals surface area contributed by atoms with Gasteiger partial charge in [0, 0.05) is 5.56 Å². The molecule has 0 unspecified atom stereocenters. The van der Waals surface area contributed by atoms with E-state index in [9.17, 15) is 4.79 Å². The van der Waals surface area contributed by atoms with E-state index in [1.54, 1.807) is 24.5 Å². The first-order chi connectivity index (χ1) is 19.1. The first-order valence-electron chi connectivity index (χ1n) is 15.0. The second-order valence-electron chi connectivity index (χ2n) is 10.6. The Bertz CT molecular complexity index is 1080. The zero-order chi connectivity index (χ0) is 27.7. The van der Waals surface area contributed by atoms with Gasteiger partial charge in [-0.05, 0) is 48.6 Å². The van der Waals surface area contributed by atoms with Crippen LogP contribution in [0.3, 0.4) is 0 Å². The Balaban J connectivity index is 1.37. The second kappa shape index (κ2) is 17.4. The molecule has 2 aromatic carbocycles. The van der Waals surface area contributed by atoms with Gasteiger partial charge in [-0.25, -0.2) is 14.8 Å². The van der Waals surface area contributed by atoms with Gasteiger partial charge in [0.1, 0.15) is 5.75 Å². The van der Waals surface area contributed by atoms with E-state index in [0.29, 0.717) is 29.7 Å². The summed E-state index contributed by atoms with van der Waals surface area (Å²) in [7, 11) is 0. The van der Waals surface area contributed by atoms with E-state index in [1.807, 2.05) is 36.4 Å². The summed E-state index contributed by atoms with van der Waals surface area (Å²) in [6, 6.07) is 15.0. The zero-order valence-electron chi connectivity index (χ0n) is 24.2. The lowest BCUT2D eigenvalue weighted by Gasteiger charge is -2.09. The van der Waals surface area contributed by atoms with Crippen LogP contribution in [-0.4, -0.2) is 22.5 Å². The summed E-state index contributed by atoms with van der Waals surface area (Å²) >= 11 is 0. The largest absolute Gasteiger partial charge is 0.477 e. The molecule has 0 radical (unpaired) electrons. The number of nitrogens with zero attached hydrogens (tertiary/aromatic N) is 2. The molecule has 0 aliphatic heterocycles. The standard InChI is InChI=1S/C34H46N2O3/c1-4-6-7-8-9-10-11-12-13-14-23-38-33-26-35-32(25-36-33)29-17-19-30(20-18-29)34(37)39-31-21-15-28(16-22-31)24-27(3)5-2/h15-22,25-27H,4-14,23-24H2,1-3H3/t27-/m0/s1. The maximum atomic E-state index is 12.6. The van der Waals surface area contributed by atoms with Crippen LogP contribution >= 0.6 is 0 Å². The van der Waals surface area contributed by atoms with Gasteiger partial charge >= 0.3 is 5.97 Å². The Hall–Kier alpha value is -3.21. The average Bonchev–Trinajstić information content (AvgIpc) is 2.97. The van der Waals surface area contributed by atoms with Crippen LogP contribution in [0.1, 0.15) is 107 Å². The molecule has 0 bridgehead atoms. The van der Waals surface area contributed by atoms with Gasteiger partial charge in [0.05, 0.1) is 30.3 Å². The second-order valence-corrected chi connectivity index (χ2v) is 10.6. The van der Waals surface area contributed by atoms with Gasteiger partial charge in [-0.15, -0.1) is 0 Å². The molecule has 0 amide bonds. The maximum absolute atomic E-state index is 12.6. The summed E-state index contributed by atoms with van der Waals surface area (Å²) in [5.74, 6) is 1.36. The highest BCUT2D eigenvalue weighted by Gasteiger charge is 2.10. The van der Waals surface area contributed by atoms with Gasteiger partial charge < -0.3 is 9.47 Å². The molecule has 1 heterocycles. The Morgan fingerprint density at radius 3 is 2.00 bits per heavy atom. The minimum absolute atomic E-state index is 0.377. The first-order valence-corrected chi connectivity index (χ1v) is 15.0. The van der Waals surface area contributed by atoms with Crippen LogP contribution in [0.5, 0.6) is 11.6 Å². The predicted molar refractivity (Wildman–Crippen MR) is 159 cm³/mol. The maximum Gasteiger partial charge on any atom is 0.343 e. The van der Waals surface area contributed by atoms with Crippen molar-refractivity contribution in [2.75, 3.05) is 6.61 Å². The molecule has 3 rings (SSSR count). The van der Waals surface area contributed by atoms with Crippen molar-refractivity contribution in [3.63, 3.8) is 0 Å². The Kier molecular flexibility index (Phi) is 13.5. The zero-order valence-corrected chi connectivity index (χ0v) is 24.2. The van der Waals surface area contributed by atoms with Gasteiger partial charge in [-0.1, -0.05) is 109 Å². The summed E-state index contributed by atoms with van der Waals surface area (Å²) in [6.07, 6.45) is 18.6. The van der Waals surface area contributed by atoms with Crippen LogP contribution in [0.2, 0.25) is 0 Å². The average molecular weight is 531 g/mol. The number of esters is 1. The van der Waals surface area contributed by atoms with Crippen LogP contribution in [0, 0.1) is 5.92 Å². The van der Waals surface area contributed by atoms with Crippen LogP contribution in [0.25, 0.3) is 11.3 Å². The van der Waals surface area contributed by atoms with Gasteiger partial charge in [-0.2, -0.15) is 0 Å². The summed E-state index contributed by atoms with van der Waals surface area (Å²) in [5, 5.41) is 0. The number of rotatable bonds is 18. The molecular weight excluding hydrogens is 484 g/mol. The number of hydrogen-bond acceptors (Lipinski definition) is 5.